The molecule has 0 saturated carbocycles. The molecule has 0 aliphatic rings. The van der Waals surface area contributed by atoms with Crippen LogP contribution >= 0.6 is 11.6 Å². The molecule has 0 unspecified atom stereocenters. The fourth-order valence-corrected chi connectivity index (χ4v) is 0.813. The average molecular weight is 236 g/mol. The van der Waals surface area contributed by atoms with Crippen LogP contribution in [0, 0.1) is 5.41 Å². The van der Waals surface area contributed by atoms with E-state index in [1.165, 1.54) is 0 Å². The van der Waals surface area contributed by atoms with Crippen LogP contribution in [0.25, 0.3) is 0 Å². The lowest BCUT2D eigenvalue weighted by Crippen LogP contribution is -2.38. The van der Waals surface area contributed by atoms with Gasteiger partial charge in [-0.25, -0.2) is 0 Å². The molecule has 0 radical (unpaired) electrons. The van der Waals surface area contributed by atoms with Crippen LogP contribution in [0.15, 0.2) is 0 Å². The number of ether oxygens (including phenoxy) is 1. The second kappa shape index (κ2) is 5.71. The van der Waals surface area contributed by atoms with Gasteiger partial charge in [0.05, 0.1) is 5.60 Å². The topological polar surface area (TPSA) is 38.3 Å². The molecule has 0 aromatic rings. The zero-order valence-electron chi connectivity index (χ0n) is 10.3. The molecule has 0 bridgehead atoms. The molecule has 0 spiro atoms. The molecule has 90 valence electrons. The predicted octanol–water partition coefficient (Wildman–Crippen LogP) is 2.18. The maximum Gasteiger partial charge on any atom is 0.246 e. The van der Waals surface area contributed by atoms with Gasteiger partial charge in [-0.1, -0.05) is 13.8 Å². The zero-order chi connectivity index (χ0) is 12.1. The SMILES string of the molecule is CC(C)(CCl)CNC(=O)COC(C)(C)C. The Morgan fingerprint density at radius 2 is 1.80 bits per heavy atom. The zero-order valence-corrected chi connectivity index (χ0v) is 11.1. The summed E-state index contributed by atoms with van der Waals surface area (Å²) in [5, 5.41) is 2.80. The Balaban J connectivity index is 3.77. The van der Waals surface area contributed by atoms with Crippen LogP contribution in [0.1, 0.15) is 34.6 Å². The number of carbonyl (C=O) groups is 1. The van der Waals surface area contributed by atoms with E-state index in [9.17, 15) is 4.79 Å². The van der Waals surface area contributed by atoms with Crippen molar-refractivity contribution in [1.29, 1.82) is 0 Å². The summed E-state index contributed by atoms with van der Waals surface area (Å²) in [6.45, 7) is 10.4. The van der Waals surface area contributed by atoms with Crippen LogP contribution < -0.4 is 5.32 Å². The van der Waals surface area contributed by atoms with Gasteiger partial charge in [0, 0.05) is 12.4 Å². The number of alkyl halides is 1. The fourth-order valence-electron chi connectivity index (χ4n) is 0.718. The van der Waals surface area contributed by atoms with Gasteiger partial charge in [-0.2, -0.15) is 0 Å². The van der Waals surface area contributed by atoms with Gasteiger partial charge in [0.1, 0.15) is 6.61 Å². The number of amides is 1. The van der Waals surface area contributed by atoms with Crippen molar-refractivity contribution in [3.63, 3.8) is 0 Å². The molecule has 4 heteroatoms. The summed E-state index contributed by atoms with van der Waals surface area (Å²) in [4.78, 5) is 11.4. The molecule has 0 aromatic carbocycles. The van der Waals surface area contributed by atoms with Crippen molar-refractivity contribution in [2.24, 2.45) is 5.41 Å². The number of hydrogen-bond acceptors (Lipinski definition) is 2. The molecule has 0 atom stereocenters. The third-order valence-corrected chi connectivity index (χ3v) is 2.49. The Labute approximate surface area is 97.5 Å². The van der Waals surface area contributed by atoms with Gasteiger partial charge in [0.25, 0.3) is 0 Å². The predicted molar refractivity (Wildman–Crippen MR) is 63.2 cm³/mol. The van der Waals surface area contributed by atoms with E-state index in [1.807, 2.05) is 34.6 Å². The number of hydrogen-bond donors (Lipinski definition) is 1. The van der Waals surface area contributed by atoms with Crippen LogP contribution in [0.4, 0.5) is 0 Å². The van der Waals surface area contributed by atoms with Gasteiger partial charge in [-0.15, -0.1) is 11.6 Å². The van der Waals surface area contributed by atoms with Crippen molar-refractivity contribution in [1.82, 2.24) is 5.32 Å². The van der Waals surface area contributed by atoms with Gasteiger partial charge in [-0.05, 0) is 26.2 Å². The molecule has 0 aromatic heterocycles. The number of carbonyl (C=O) groups excluding carboxylic acids is 1. The van der Waals surface area contributed by atoms with Crippen LogP contribution in [0.2, 0.25) is 0 Å². The largest absolute Gasteiger partial charge is 0.366 e. The summed E-state index contributed by atoms with van der Waals surface area (Å²) < 4.78 is 5.34. The molecule has 0 aliphatic carbocycles. The van der Waals surface area contributed by atoms with Gasteiger partial charge in [0.15, 0.2) is 0 Å². The van der Waals surface area contributed by atoms with E-state index in [1.54, 1.807) is 0 Å². The van der Waals surface area contributed by atoms with Crippen molar-refractivity contribution in [3.8, 4) is 0 Å². The minimum Gasteiger partial charge on any atom is -0.366 e. The van der Waals surface area contributed by atoms with Gasteiger partial charge in [0.2, 0.25) is 5.91 Å². The van der Waals surface area contributed by atoms with Crippen molar-refractivity contribution < 1.29 is 9.53 Å². The van der Waals surface area contributed by atoms with Gasteiger partial charge >= 0.3 is 0 Å². The highest BCUT2D eigenvalue weighted by molar-refractivity contribution is 6.18. The standard InChI is InChI=1S/C11H22ClNO2/c1-10(2,3)15-6-9(14)13-8-11(4,5)7-12/h6-8H2,1-5H3,(H,13,14). The summed E-state index contributed by atoms with van der Waals surface area (Å²) >= 11 is 5.74. The Bertz CT molecular complexity index is 209. The van der Waals surface area contributed by atoms with Crippen molar-refractivity contribution in [3.05, 3.63) is 0 Å². The number of rotatable bonds is 5. The van der Waals surface area contributed by atoms with E-state index < -0.39 is 0 Å². The van der Waals surface area contributed by atoms with Crippen LogP contribution in [-0.2, 0) is 9.53 Å². The first-order valence-corrected chi connectivity index (χ1v) is 5.66. The lowest BCUT2D eigenvalue weighted by atomic mass is 9.97. The van der Waals surface area contributed by atoms with Crippen LogP contribution in [0.5, 0.6) is 0 Å². The molecule has 1 N–H and O–H groups in total. The molecule has 1 amide bonds. The second-order valence-corrected chi connectivity index (χ2v) is 5.74. The van der Waals surface area contributed by atoms with E-state index in [0.29, 0.717) is 12.4 Å². The summed E-state index contributed by atoms with van der Waals surface area (Å²) in [7, 11) is 0. The first kappa shape index (κ1) is 14.7. The van der Waals surface area contributed by atoms with E-state index in [-0.39, 0.29) is 23.5 Å². The second-order valence-electron chi connectivity index (χ2n) is 5.48. The van der Waals surface area contributed by atoms with E-state index in [2.05, 4.69) is 5.32 Å². The highest BCUT2D eigenvalue weighted by atomic mass is 35.5. The van der Waals surface area contributed by atoms with Crippen LogP contribution in [-0.4, -0.2) is 30.5 Å². The quantitative estimate of drug-likeness (QED) is 0.742. The molecule has 0 fully saturated rings. The molecule has 0 aliphatic heterocycles. The Morgan fingerprint density at radius 3 is 2.20 bits per heavy atom. The lowest BCUT2D eigenvalue weighted by molar-refractivity contribution is -0.130. The summed E-state index contributed by atoms with van der Waals surface area (Å²) in [6.07, 6.45) is 0. The summed E-state index contributed by atoms with van der Waals surface area (Å²) in [5.74, 6) is 0.427. The van der Waals surface area contributed by atoms with Crippen molar-refractivity contribution in [2.75, 3.05) is 19.0 Å². The smallest absolute Gasteiger partial charge is 0.246 e. The first-order valence-electron chi connectivity index (χ1n) is 5.13. The highest BCUT2D eigenvalue weighted by Crippen LogP contribution is 2.14. The van der Waals surface area contributed by atoms with Crippen molar-refractivity contribution >= 4 is 17.5 Å². The fraction of sp³-hybridized carbons (Fsp3) is 0.909. The Kier molecular flexibility index (Phi) is 5.60. The average Bonchev–Trinajstić information content (AvgIpc) is 2.10. The summed E-state index contributed by atoms with van der Waals surface area (Å²) in [5.41, 5.74) is -0.349. The maximum atomic E-state index is 11.4. The lowest BCUT2D eigenvalue weighted by Gasteiger charge is -2.23. The first-order chi connectivity index (χ1) is 6.66. The molecule has 15 heavy (non-hydrogen) atoms. The van der Waals surface area contributed by atoms with E-state index in [4.69, 9.17) is 16.3 Å². The summed E-state index contributed by atoms with van der Waals surface area (Å²) in [6, 6.07) is 0. The molecular formula is C11H22ClNO2. The van der Waals surface area contributed by atoms with E-state index in [0.717, 1.165) is 0 Å². The Hall–Kier alpha value is -0.280. The number of halogens is 1. The van der Waals surface area contributed by atoms with Gasteiger partial charge < -0.3 is 10.1 Å². The van der Waals surface area contributed by atoms with Crippen molar-refractivity contribution in [2.45, 2.75) is 40.2 Å². The molecule has 0 heterocycles. The minimum atomic E-state index is -0.278. The number of nitrogens with one attached hydrogen (secondary N) is 1. The molecule has 3 nitrogen and oxygen atoms in total. The third-order valence-electron chi connectivity index (χ3n) is 1.76. The normalized spacial score (nSPS) is 12.7. The minimum absolute atomic E-state index is 0.0705. The molecular weight excluding hydrogens is 214 g/mol. The maximum absolute atomic E-state index is 11.4. The Morgan fingerprint density at radius 1 is 1.27 bits per heavy atom. The molecule has 0 saturated heterocycles. The van der Waals surface area contributed by atoms with Crippen LogP contribution in [0.3, 0.4) is 0 Å². The monoisotopic (exact) mass is 235 g/mol. The molecule has 0 rings (SSSR count). The third kappa shape index (κ3) is 8.70. The highest BCUT2D eigenvalue weighted by Gasteiger charge is 2.18. The van der Waals surface area contributed by atoms with Gasteiger partial charge in [-0.3, -0.25) is 4.79 Å². The van der Waals surface area contributed by atoms with E-state index >= 15 is 0 Å².